The Hall–Kier alpha value is -2.63. The Labute approximate surface area is 114 Å². The number of hydrogen-bond acceptors (Lipinski definition) is 3. The number of nitrogens with one attached hydrogen (secondary N) is 1. The molecule has 1 amide bonds. The summed E-state index contributed by atoms with van der Waals surface area (Å²) in [6.07, 6.45) is 1.52. The molecule has 6 heteroatoms. The summed E-state index contributed by atoms with van der Waals surface area (Å²) in [7, 11) is 0. The van der Waals surface area contributed by atoms with Crippen LogP contribution in [0.2, 0.25) is 0 Å². The first-order valence-corrected chi connectivity index (χ1v) is 6.08. The molecule has 6 nitrogen and oxygen atoms in total. The number of aromatic nitrogens is 2. The summed E-state index contributed by atoms with van der Waals surface area (Å²) in [6, 6.07) is 5.05. The third kappa shape index (κ3) is 2.69. The molecule has 2 rings (SSSR count). The topological polar surface area (TPSA) is 97.9 Å². The number of H-pyrrole nitrogens is 1. The highest BCUT2D eigenvalue weighted by Crippen LogP contribution is 2.11. The first-order chi connectivity index (χ1) is 9.38. The minimum Gasteiger partial charge on any atom is -0.366 e. The number of nitrogens with zero attached hydrogens (tertiary/aromatic N) is 1. The van der Waals surface area contributed by atoms with Crippen molar-refractivity contribution in [1.29, 1.82) is 0 Å². The number of benzene rings is 1. The van der Waals surface area contributed by atoms with Gasteiger partial charge in [0.2, 0.25) is 5.91 Å². The van der Waals surface area contributed by atoms with Crippen molar-refractivity contribution in [1.82, 2.24) is 9.55 Å². The normalized spacial score (nSPS) is 10.5. The van der Waals surface area contributed by atoms with E-state index in [1.54, 1.807) is 25.1 Å². The second-order valence-electron chi connectivity index (χ2n) is 4.70. The van der Waals surface area contributed by atoms with Crippen LogP contribution in [0.15, 0.2) is 34.0 Å². The molecule has 1 aromatic heterocycles. The SMILES string of the molecule is Cc1cc(C(N)=O)ccc1Cn1cc(C)c(=O)[nH]c1=O. The summed E-state index contributed by atoms with van der Waals surface area (Å²) in [5.74, 6) is -0.489. The average Bonchev–Trinajstić information content (AvgIpc) is 2.37. The van der Waals surface area contributed by atoms with Gasteiger partial charge in [0.1, 0.15) is 0 Å². The minimum absolute atomic E-state index is 0.321. The molecule has 0 aliphatic heterocycles. The molecular formula is C14H15N3O3. The van der Waals surface area contributed by atoms with E-state index in [4.69, 9.17) is 5.73 Å². The van der Waals surface area contributed by atoms with Crippen molar-refractivity contribution in [2.75, 3.05) is 0 Å². The van der Waals surface area contributed by atoms with Crippen molar-refractivity contribution in [2.45, 2.75) is 20.4 Å². The Bertz CT molecular complexity index is 787. The third-order valence-electron chi connectivity index (χ3n) is 3.16. The fourth-order valence-electron chi connectivity index (χ4n) is 1.95. The maximum atomic E-state index is 11.7. The van der Waals surface area contributed by atoms with Gasteiger partial charge in [-0.2, -0.15) is 0 Å². The van der Waals surface area contributed by atoms with Gasteiger partial charge in [-0.25, -0.2) is 4.79 Å². The largest absolute Gasteiger partial charge is 0.366 e. The monoisotopic (exact) mass is 273 g/mol. The van der Waals surface area contributed by atoms with Crippen LogP contribution in [0.3, 0.4) is 0 Å². The molecule has 1 heterocycles. The Morgan fingerprint density at radius 2 is 1.95 bits per heavy atom. The summed E-state index contributed by atoms with van der Waals surface area (Å²) < 4.78 is 1.42. The van der Waals surface area contributed by atoms with Crippen LogP contribution in [0.4, 0.5) is 0 Å². The van der Waals surface area contributed by atoms with E-state index in [9.17, 15) is 14.4 Å². The Balaban J connectivity index is 2.40. The maximum absolute atomic E-state index is 11.7. The lowest BCUT2D eigenvalue weighted by Crippen LogP contribution is -2.31. The number of carbonyl (C=O) groups is 1. The van der Waals surface area contributed by atoms with Crippen molar-refractivity contribution in [2.24, 2.45) is 5.73 Å². The fourth-order valence-corrected chi connectivity index (χ4v) is 1.95. The number of nitrogens with two attached hydrogens (primary N) is 1. The molecule has 0 radical (unpaired) electrons. The van der Waals surface area contributed by atoms with E-state index in [0.717, 1.165) is 11.1 Å². The number of carbonyl (C=O) groups excluding carboxylic acids is 1. The lowest BCUT2D eigenvalue weighted by Gasteiger charge is -2.09. The number of amides is 1. The van der Waals surface area contributed by atoms with Gasteiger partial charge in [0, 0.05) is 17.3 Å². The zero-order chi connectivity index (χ0) is 14.9. The smallest absolute Gasteiger partial charge is 0.328 e. The molecule has 0 bridgehead atoms. The Morgan fingerprint density at radius 3 is 2.55 bits per heavy atom. The predicted molar refractivity (Wildman–Crippen MR) is 74.9 cm³/mol. The lowest BCUT2D eigenvalue weighted by molar-refractivity contribution is 0.1000. The van der Waals surface area contributed by atoms with E-state index < -0.39 is 11.6 Å². The number of rotatable bonds is 3. The van der Waals surface area contributed by atoms with E-state index >= 15 is 0 Å². The molecule has 0 aliphatic rings. The van der Waals surface area contributed by atoms with Gasteiger partial charge in [-0.15, -0.1) is 0 Å². The quantitative estimate of drug-likeness (QED) is 0.841. The number of primary amides is 1. The molecule has 3 N–H and O–H groups in total. The van der Waals surface area contributed by atoms with Crippen LogP contribution in [-0.4, -0.2) is 15.5 Å². The van der Waals surface area contributed by atoms with Crippen LogP contribution in [0.25, 0.3) is 0 Å². The number of aryl methyl sites for hydroxylation is 2. The molecule has 1 aromatic carbocycles. The second-order valence-corrected chi connectivity index (χ2v) is 4.70. The summed E-state index contributed by atoms with van der Waals surface area (Å²) >= 11 is 0. The van der Waals surface area contributed by atoms with Crippen molar-refractivity contribution in [3.05, 3.63) is 67.5 Å². The summed E-state index contributed by atoms with van der Waals surface area (Å²) in [4.78, 5) is 36.4. The molecule has 0 spiro atoms. The molecule has 0 saturated heterocycles. The van der Waals surface area contributed by atoms with Gasteiger partial charge in [0.25, 0.3) is 5.56 Å². The molecular weight excluding hydrogens is 258 g/mol. The van der Waals surface area contributed by atoms with Gasteiger partial charge in [-0.1, -0.05) is 6.07 Å². The minimum atomic E-state index is -0.489. The van der Waals surface area contributed by atoms with E-state index in [1.165, 1.54) is 10.8 Å². The first-order valence-electron chi connectivity index (χ1n) is 6.08. The van der Waals surface area contributed by atoms with Crippen LogP contribution in [0.1, 0.15) is 27.0 Å². The van der Waals surface area contributed by atoms with Crippen molar-refractivity contribution >= 4 is 5.91 Å². The van der Waals surface area contributed by atoms with Gasteiger partial charge in [-0.3, -0.25) is 19.1 Å². The van der Waals surface area contributed by atoms with Crippen molar-refractivity contribution < 1.29 is 4.79 Å². The number of hydrogen-bond donors (Lipinski definition) is 2. The van der Waals surface area contributed by atoms with Crippen LogP contribution in [-0.2, 0) is 6.54 Å². The molecule has 20 heavy (non-hydrogen) atoms. The summed E-state index contributed by atoms with van der Waals surface area (Å²) in [5, 5.41) is 0. The highest BCUT2D eigenvalue weighted by Gasteiger charge is 2.07. The van der Waals surface area contributed by atoms with Crippen LogP contribution >= 0.6 is 0 Å². The summed E-state index contributed by atoms with van der Waals surface area (Å²) in [6.45, 7) is 3.80. The maximum Gasteiger partial charge on any atom is 0.328 e. The van der Waals surface area contributed by atoms with E-state index in [1.807, 2.05) is 6.92 Å². The molecule has 0 atom stereocenters. The standard InChI is InChI=1S/C14H15N3O3/c1-8-5-10(12(15)18)3-4-11(8)7-17-6-9(2)13(19)16-14(17)20/h3-6H,7H2,1-2H3,(H2,15,18)(H,16,19,20). The highest BCUT2D eigenvalue weighted by molar-refractivity contribution is 5.93. The molecule has 0 fully saturated rings. The van der Waals surface area contributed by atoms with Crippen LogP contribution in [0, 0.1) is 13.8 Å². The fraction of sp³-hybridized carbons (Fsp3) is 0.214. The molecule has 104 valence electrons. The third-order valence-corrected chi connectivity index (χ3v) is 3.16. The molecule has 0 aliphatic carbocycles. The van der Waals surface area contributed by atoms with Gasteiger partial charge < -0.3 is 5.73 Å². The first kappa shape index (κ1) is 13.8. The van der Waals surface area contributed by atoms with Crippen LogP contribution < -0.4 is 17.0 Å². The zero-order valence-electron chi connectivity index (χ0n) is 11.3. The van der Waals surface area contributed by atoms with Gasteiger partial charge in [-0.05, 0) is 37.1 Å². The van der Waals surface area contributed by atoms with E-state index in [0.29, 0.717) is 17.7 Å². The molecule has 2 aromatic rings. The van der Waals surface area contributed by atoms with Gasteiger partial charge >= 0.3 is 5.69 Å². The Morgan fingerprint density at radius 1 is 1.25 bits per heavy atom. The highest BCUT2D eigenvalue weighted by atomic mass is 16.2. The number of aromatic amines is 1. The lowest BCUT2D eigenvalue weighted by atomic mass is 10.0. The van der Waals surface area contributed by atoms with Gasteiger partial charge in [0.15, 0.2) is 0 Å². The van der Waals surface area contributed by atoms with Gasteiger partial charge in [0.05, 0.1) is 6.54 Å². The summed E-state index contributed by atoms with van der Waals surface area (Å²) in [5.41, 5.74) is 7.00. The van der Waals surface area contributed by atoms with E-state index in [2.05, 4.69) is 4.98 Å². The van der Waals surface area contributed by atoms with E-state index in [-0.39, 0.29) is 5.56 Å². The van der Waals surface area contributed by atoms with Crippen molar-refractivity contribution in [3.8, 4) is 0 Å². The molecule has 0 saturated carbocycles. The predicted octanol–water partition coefficient (Wildman–Crippen LogP) is 0.301. The molecule has 0 unspecified atom stereocenters. The van der Waals surface area contributed by atoms with Crippen LogP contribution in [0.5, 0.6) is 0 Å². The second kappa shape index (κ2) is 5.16. The zero-order valence-corrected chi connectivity index (χ0v) is 11.3. The Kier molecular flexibility index (Phi) is 3.56. The van der Waals surface area contributed by atoms with Crippen molar-refractivity contribution in [3.63, 3.8) is 0 Å². The average molecular weight is 273 g/mol.